The molecule has 1 aromatic heterocycles. The largest absolute Gasteiger partial charge is 0.336 e. The third-order valence-corrected chi connectivity index (χ3v) is 4.24. The summed E-state index contributed by atoms with van der Waals surface area (Å²) in [4.78, 5) is 18.4. The van der Waals surface area contributed by atoms with Gasteiger partial charge >= 0.3 is 0 Å². The Bertz CT molecular complexity index is 577. The number of aromatic nitrogens is 1. The highest BCUT2D eigenvalue weighted by Gasteiger charge is 2.30. The van der Waals surface area contributed by atoms with E-state index in [-0.39, 0.29) is 24.1 Å². The van der Waals surface area contributed by atoms with E-state index in [2.05, 4.69) is 4.98 Å². The number of pyridine rings is 1. The fourth-order valence-corrected chi connectivity index (χ4v) is 2.56. The van der Waals surface area contributed by atoms with E-state index in [4.69, 9.17) is 0 Å². The van der Waals surface area contributed by atoms with Gasteiger partial charge < -0.3 is 4.90 Å². The van der Waals surface area contributed by atoms with Gasteiger partial charge in [0, 0.05) is 30.7 Å². The molecule has 0 aliphatic heterocycles. The quantitative estimate of drug-likeness (QED) is 0.832. The normalized spacial score (nSPS) is 13.8. The summed E-state index contributed by atoms with van der Waals surface area (Å²) in [5.74, 6) is -0.466. The number of amides is 1. The van der Waals surface area contributed by atoms with Gasteiger partial charge in [0.25, 0.3) is 0 Å². The minimum Gasteiger partial charge on any atom is -0.336 e. The molecule has 118 valence electrons. The standard InChI is InChI=1S/C15H24N2O3S/c1-12(13-7-6-8-16-11-13)14(18)17(15(2,3)4)9-10-21(5,19)20/h6-8,11-12H,9-10H2,1-5H3/t12-/m0/s1. The molecule has 6 heteroatoms. The van der Waals surface area contributed by atoms with Gasteiger partial charge in [-0.15, -0.1) is 0 Å². The van der Waals surface area contributed by atoms with Crippen molar-refractivity contribution < 1.29 is 13.2 Å². The van der Waals surface area contributed by atoms with Gasteiger partial charge in [0.2, 0.25) is 5.91 Å². The van der Waals surface area contributed by atoms with Crippen LogP contribution in [0, 0.1) is 0 Å². The minimum absolute atomic E-state index is 0.0320. The number of carbonyl (C=O) groups excluding carboxylic acids is 1. The van der Waals surface area contributed by atoms with Gasteiger partial charge in [-0.1, -0.05) is 6.07 Å². The van der Waals surface area contributed by atoms with E-state index in [9.17, 15) is 13.2 Å². The summed E-state index contributed by atoms with van der Waals surface area (Å²) < 4.78 is 22.8. The summed E-state index contributed by atoms with van der Waals surface area (Å²) in [7, 11) is -3.11. The van der Waals surface area contributed by atoms with Gasteiger partial charge in [-0.25, -0.2) is 8.42 Å². The summed E-state index contributed by atoms with van der Waals surface area (Å²) in [6.45, 7) is 7.74. The SMILES string of the molecule is C[C@H](C(=O)N(CCS(C)(=O)=O)C(C)(C)C)c1cccnc1. The molecule has 1 atom stereocenters. The first-order chi connectivity index (χ1) is 9.52. The van der Waals surface area contributed by atoms with Crippen LogP contribution >= 0.6 is 0 Å². The molecule has 0 saturated carbocycles. The van der Waals surface area contributed by atoms with Crippen LogP contribution in [0.4, 0.5) is 0 Å². The van der Waals surface area contributed by atoms with Crippen molar-refractivity contribution in [3.8, 4) is 0 Å². The molecule has 0 radical (unpaired) electrons. The first-order valence-electron chi connectivity index (χ1n) is 6.91. The predicted octanol–water partition coefficient (Wildman–Crippen LogP) is 1.86. The first kappa shape index (κ1) is 17.6. The van der Waals surface area contributed by atoms with E-state index in [1.807, 2.05) is 33.8 Å². The zero-order valence-electron chi connectivity index (χ0n) is 13.3. The van der Waals surface area contributed by atoms with Gasteiger partial charge in [0.05, 0.1) is 11.7 Å². The number of carbonyl (C=O) groups is 1. The number of nitrogens with zero attached hydrogens (tertiary/aromatic N) is 2. The molecule has 1 heterocycles. The molecule has 0 saturated heterocycles. The molecule has 0 spiro atoms. The fraction of sp³-hybridized carbons (Fsp3) is 0.600. The Hall–Kier alpha value is -1.43. The van der Waals surface area contributed by atoms with Crippen molar-refractivity contribution in [2.75, 3.05) is 18.6 Å². The number of hydrogen-bond donors (Lipinski definition) is 0. The Balaban J connectivity index is 2.96. The smallest absolute Gasteiger partial charge is 0.230 e. The van der Waals surface area contributed by atoms with Crippen molar-refractivity contribution in [3.63, 3.8) is 0 Å². The molecule has 1 aromatic rings. The zero-order valence-corrected chi connectivity index (χ0v) is 14.1. The monoisotopic (exact) mass is 312 g/mol. The molecule has 0 aliphatic carbocycles. The van der Waals surface area contributed by atoms with Crippen molar-refractivity contribution in [1.29, 1.82) is 0 Å². The van der Waals surface area contributed by atoms with Crippen molar-refractivity contribution >= 4 is 15.7 Å². The van der Waals surface area contributed by atoms with Crippen LogP contribution in [0.1, 0.15) is 39.2 Å². The second-order valence-electron chi connectivity index (χ2n) is 6.30. The summed E-state index contributed by atoms with van der Waals surface area (Å²) >= 11 is 0. The molecule has 1 rings (SSSR count). The number of sulfone groups is 1. The maximum atomic E-state index is 12.7. The third kappa shape index (κ3) is 5.46. The summed E-state index contributed by atoms with van der Waals surface area (Å²) in [5.41, 5.74) is 0.397. The third-order valence-electron chi connectivity index (χ3n) is 3.32. The van der Waals surface area contributed by atoms with Crippen LogP contribution in [0.2, 0.25) is 0 Å². The van der Waals surface area contributed by atoms with E-state index in [1.165, 1.54) is 6.26 Å². The second kappa shape index (κ2) is 6.56. The first-order valence-corrected chi connectivity index (χ1v) is 8.97. The van der Waals surface area contributed by atoms with Crippen LogP contribution in [0.3, 0.4) is 0 Å². The van der Waals surface area contributed by atoms with Gasteiger partial charge in [0.15, 0.2) is 0 Å². The maximum Gasteiger partial charge on any atom is 0.230 e. The van der Waals surface area contributed by atoms with Crippen LogP contribution in [-0.4, -0.2) is 48.3 Å². The average molecular weight is 312 g/mol. The molecule has 1 amide bonds. The summed E-state index contributed by atoms with van der Waals surface area (Å²) in [6.07, 6.45) is 4.51. The highest BCUT2D eigenvalue weighted by atomic mass is 32.2. The van der Waals surface area contributed by atoms with Crippen molar-refractivity contribution in [1.82, 2.24) is 9.88 Å². The Labute approximate surface area is 127 Å². The molecule has 0 unspecified atom stereocenters. The second-order valence-corrected chi connectivity index (χ2v) is 8.56. The molecule has 0 aromatic carbocycles. The fourth-order valence-electron chi connectivity index (χ4n) is 2.04. The molecular formula is C15H24N2O3S. The van der Waals surface area contributed by atoms with Crippen molar-refractivity contribution in [2.45, 2.75) is 39.2 Å². The number of hydrogen-bond acceptors (Lipinski definition) is 4. The van der Waals surface area contributed by atoms with Crippen LogP contribution < -0.4 is 0 Å². The molecule has 21 heavy (non-hydrogen) atoms. The molecule has 0 N–H and O–H groups in total. The molecule has 5 nitrogen and oxygen atoms in total. The lowest BCUT2D eigenvalue weighted by atomic mass is 9.98. The molecule has 0 aliphatic rings. The van der Waals surface area contributed by atoms with E-state index < -0.39 is 15.4 Å². The Morgan fingerprint density at radius 3 is 2.43 bits per heavy atom. The zero-order chi connectivity index (χ0) is 16.3. The summed E-state index contributed by atoms with van der Waals surface area (Å²) in [6, 6.07) is 3.64. The topological polar surface area (TPSA) is 67.3 Å². The van der Waals surface area contributed by atoms with Gasteiger partial charge in [-0.3, -0.25) is 9.78 Å². The highest BCUT2D eigenvalue weighted by Crippen LogP contribution is 2.22. The molecular weight excluding hydrogens is 288 g/mol. The van der Waals surface area contributed by atoms with Crippen LogP contribution in [0.25, 0.3) is 0 Å². The Morgan fingerprint density at radius 2 is 2.00 bits per heavy atom. The lowest BCUT2D eigenvalue weighted by Crippen LogP contribution is -2.49. The van der Waals surface area contributed by atoms with E-state index in [0.717, 1.165) is 5.56 Å². The Kier molecular flexibility index (Phi) is 5.50. The Morgan fingerprint density at radius 1 is 1.38 bits per heavy atom. The number of rotatable bonds is 5. The van der Waals surface area contributed by atoms with E-state index in [0.29, 0.717) is 0 Å². The van der Waals surface area contributed by atoms with E-state index in [1.54, 1.807) is 23.4 Å². The van der Waals surface area contributed by atoms with Crippen LogP contribution in [0.5, 0.6) is 0 Å². The van der Waals surface area contributed by atoms with Gasteiger partial charge in [0.1, 0.15) is 9.84 Å². The highest BCUT2D eigenvalue weighted by molar-refractivity contribution is 7.90. The van der Waals surface area contributed by atoms with Gasteiger partial charge in [-0.2, -0.15) is 0 Å². The minimum atomic E-state index is -3.11. The van der Waals surface area contributed by atoms with Crippen molar-refractivity contribution in [2.24, 2.45) is 0 Å². The van der Waals surface area contributed by atoms with Crippen LogP contribution in [0.15, 0.2) is 24.5 Å². The predicted molar refractivity (Wildman–Crippen MR) is 83.8 cm³/mol. The van der Waals surface area contributed by atoms with E-state index >= 15 is 0 Å². The summed E-state index contributed by atoms with van der Waals surface area (Å²) in [5, 5.41) is 0. The molecule has 0 fully saturated rings. The lowest BCUT2D eigenvalue weighted by molar-refractivity contribution is -0.136. The average Bonchev–Trinajstić information content (AvgIpc) is 2.36. The molecule has 0 bridgehead atoms. The van der Waals surface area contributed by atoms with Gasteiger partial charge in [-0.05, 0) is 39.3 Å². The van der Waals surface area contributed by atoms with Crippen LogP contribution in [-0.2, 0) is 14.6 Å². The van der Waals surface area contributed by atoms with Crippen molar-refractivity contribution in [3.05, 3.63) is 30.1 Å². The lowest BCUT2D eigenvalue weighted by Gasteiger charge is -2.37. The maximum absolute atomic E-state index is 12.7.